The summed E-state index contributed by atoms with van der Waals surface area (Å²) in [6.45, 7) is -1.26. The van der Waals surface area contributed by atoms with Gasteiger partial charge in [-0.15, -0.1) is 0 Å². The van der Waals surface area contributed by atoms with Gasteiger partial charge in [-0.25, -0.2) is 4.98 Å². The standard InChI is InChI=1S/C20H15ClF3N3O3/c21-16-4-2-1-3-14(16)10-27-11-15(6-8-18(27)28)26-19(29)13-5-7-17(25-9-13)30-12-20(22,23)24/h1-9,11H,10,12H2,(H,26,29). The third-order valence-electron chi connectivity index (χ3n) is 3.92. The Morgan fingerprint density at radius 2 is 1.90 bits per heavy atom. The van der Waals surface area contributed by atoms with Crippen molar-refractivity contribution in [2.75, 3.05) is 11.9 Å². The summed E-state index contributed by atoms with van der Waals surface area (Å²) in [5.41, 5.74) is 0.923. The quantitative estimate of drug-likeness (QED) is 0.629. The van der Waals surface area contributed by atoms with Crippen molar-refractivity contribution in [3.63, 3.8) is 0 Å². The van der Waals surface area contributed by atoms with Crippen LogP contribution in [0.2, 0.25) is 5.02 Å². The number of rotatable bonds is 6. The van der Waals surface area contributed by atoms with Gasteiger partial charge in [0.2, 0.25) is 5.88 Å². The van der Waals surface area contributed by atoms with Crippen LogP contribution in [0.5, 0.6) is 5.88 Å². The molecule has 10 heteroatoms. The molecule has 0 saturated heterocycles. The van der Waals surface area contributed by atoms with Crippen LogP contribution in [0, 0.1) is 0 Å². The average molecular weight is 438 g/mol. The Kier molecular flexibility index (Phi) is 6.41. The minimum absolute atomic E-state index is 0.109. The van der Waals surface area contributed by atoms with Crippen LogP contribution < -0.4 is 15.6 Å². The number of pyridine rings is 2. The van der Waals surface area contributed by atoms with Gasteiger partial charge in [0.05, 0.1) is 17.8 Å². The van der Waals surface area contributed by atoms with Crippen LogP contribution in [0.3, 0.4) is 0 Å². The molecule has 1 N–H and O–H groups in total. The summed E-state index contributed by atoms with van der Waals surface area (Å²) in [4.78, 5) is 28.2. The fraction of sp³-hybridized carbons (Fsp3) is 0.150. The molecule has 3 rings (SSSR count). The zero-order chi connectivity index (χ0) is 21.7. The molecule has 156 valence electrons. The number of ether oxygens (including phenoxy) is 1. The Hall–Kier alpha value is -3.33. The summed E-state index contributed by atoms with van der Waals surface area (Å²) < 4.78 is 42.4. The van der Waals surface area contributed by atoms with Gasteiger partial charge < -0.3 is 14.6 Å². The summed E-state index contributed by atoms with van der Waals surface area (Å²) in [7, 11) is 0. The molecule has 3 aromatic rings. The number of carbonyl (C=O) groups excluding carboxylic acids is 1. The Labute approximate surface area is 173 Å². The minimum atomic E-state index is -4.48. The average Bonchev–Trinajstić information content (AvgIpc) is 2.70. The Bertz CT molecular complexity index is 1100. The lowest BCUT2D eigenvalue weighted by atomic mass is 10.2. The monoisotopic (exact) mass is 437 g/mol. The second kappa shape index (κ2) is 9.00. The highest BCUT2D eigenvalue weighted by Gasteiger charge is 2.28. The van der Waals surface area contributed by atoms with Gasteiger partial charge in [0.25, 0.3) is 11.5 Å². The molecular weight excluding hydrogens is 423 g/mol. The van der Waals surface area contributed by atoms with E-state index in [1.54, 1.807) is 24.3 Å². The number of anilines is 1. The number of halogens is 4. The molecular formula is C20H15ClF3N3O3. The fourth-order valence-electron chi connectivity index (χ4n) is 2.50. The van der Waals surface area contributed by atoms with Crippen molar-refractivity contribution in [2.24, 2.45) is 0 Å². The van der Waals surface area contributed by atoms with Gasteiger partial charge >= 0.3 is 6.18 Å². The number of nitrogens with zero attached hydrogens (tertiary/aromatic N) is 2. The third-order valence-corrected chi connectivity index (χ3v) is 4.29. The number of amides is 1. The predicted octanol–water partition coefficient (Wildman–Crippen LogP) is 4.14. The van der Waals surface area contributed by atoms with E-state index >= 15 is 0 Å². The zero-order valence-corrected chi connectivity index (χ0v) is 16.1. The first-order valence-corrected chi connectivity index (χ1v) is 9.00. The van der Waals surface area contributed by atoms with Crippen molar-refractivity contribution >= 4 is 23.2 Å². The molecule has 0 bridgehead atoms. The summed E-state index contributed by atoms with van der Waals surface area (Å²) in [6.07, 6.45) is -1.91. The molecule has 0 saturated carbocycles. The van der Waals surface area contributed by atoms with Crippen molar-refractivity contribution < 1.29 is 22.7 Å². The molecule has 0 fully saturated rings. The molecule has 0 unspecified atom stereocenters. The molecule has 0 radical (unpaired) electrons. The third kappa shape index (κ3) is 5.84. The van der Waals surface area contributed by atoms with Gasteiger partial charge in [0.15, 0.2) is 6.61 Å². The van der Waals surface area contributed by atoms with Gasteiger partial charge in [-0.2, -0.15) is 13.2 Å². The van der Waals surface area contributed by atoms with Crippen molar-refractivity contribution in [1.29, 1.82) is 0 Å². The molecule has 0 aliphatic carbocycles. The van der Waals surface area contributed by atoms with E-state index in [4.69, 9.17) is 11.6 Å². The second-order valence-electron chi connectivity index (χ2n) is 6.22. The maximum atomic E-state index is 12.4. The van der Waals surface area contributed by atoms with Crippen molar-refractivity contribution in [3.05, 3.63) is 87.4 Å². The lowest BCUT2D eigenvalue weighted by Gasteiger charge is -2.11. The smallest absolute Gasteiger partial charge is 0.422 e. The maximum Gasteiger partial charge on any atom is 0.422 e. The highest BCUT2D eigenvalue weighted by atomic mass is 35.5. The SMILES string of the molecule is O=C(Nc1ccc(=O)n(Cc2ccccc2Cl)c1)c1ccc(OCC(F)(F)F)nc1. The Morgan fingerprint density at radius 3 is 2.57 bits per heavy atom. The second-order valence-corrected chi connectivity index (χ2v) is 6.63. The van der Waals surface area contributed by atoms with E-state index in [1.807, 2.05) is 0 Å². The van der Waals surface area contributed by atoms with Crippen LogP contribution in [-0.4, -0.2) is 28.2 Å². The van der Waals surface area contributed by atoms with E-state index in [2.05, 4.69) is 15.0 Å². The first-order valence-electron chi connectivity index (χ1n) is 8.62. The normalized spacial score (nSPS) is 11.2. The van der Waals surface area contributed by atoms with E-state index in [0.717, 1.165) is 11.8 Å². The summed E-state index contributed by atoms with van der Waals surface area (Å²) >= 11 is 6.13. The van der Waals surface area contributed by atoms with E-state index in [1.165, 1.54) is 35.0 Å². The molecule has 0 spiro atoms. The summed E-state index contributed by atoms with van der Waals surface area (Å²) in [5, 5.41) is 3.12. The molecule has 2 aromatic heterocycles. The first kappa shape index (κ1) is 21.4. The van der Waals surface area contributed by atoms with E-state index in [-0.39, 0.29) is 23.5 Å². The lowest BCUT2D eigenvalue weighted by molar-refractivity contribution is -0.154. The first-order chi connectivity index (χ1) is 14.2. The highest BCUT2D eigenvalue weighted by Crippen LogP contribution is 2.18. The van der Waals surface area contributed by atoms with Crippen LogP contribution in [-0.2, 0) is 6.54 Å². The number of alkyl halides is 3. The van der Waals surface area contributed by atoms with E-state index in [9.17, 15) is 22.8 Å². The number of nitrogens with one attached hydrogen (secondary N) is 1. The van der Waals surface area contributed by atoms with Crippen LogP contribution in [0.1, 0.15) is 15.9 Å². The molecule has 1 aromatic carbocycles. The minimum Gasteiger partial charge on any atom is -0.468 e. The molecule has 0 aliphatic heterocycles. The predicted molar refractivity (Wildman–Crippen MR) is 105 cm³/mol. The number of carbonyl (C=O) groups is 1. The summed E-state index contributed by atoms with van der Waals surface area (Å²) in [5.74, 6) is -0.801. The molecule has 6 nitrogen and oxygen atoms in total. The number of aromatic nitrogens is 2. The summed E-state index contributed by atoms with van der Waals surface area (Å²) in [6, 6.07) is 12.3. The molecule has 1 amide bonds. The lowest BCUT2D eigenvalue weighted by Crippen LogP contribution is -2.21. The molecule has 30 heavy (non-hydrogen) atoms. The molecule has 0 aliphatic rings. The number of hydrogen-bond acceptors (Lipinski definition) is 4. The number of benzene rings is 1. The van der Waals surface area contributed by atoms with Crippen molar-refractivity contribution in [2.45, 2.75) is 12.7 Å². The van der Waals surface area contributed by atoms with Gasteiger partial charge in [0.1, 0.15) is 0 Å². The van der Waals surface area contributed by atoms with Crippen LogP contribution >= 0.6 is 11.6 Å². The van der Waals surface area contributed by atoms with Gasteiger partial charge in [-0.05, 0) is 23.8 Å². The largest absolute Gasteiger partial charge is 0.468 e. The van der Waals surface area contributed by atoms with E-state index < -0.39 is 18.7 Å². The van der Waals surface area contributed by atoms with Crippen LogP contribution in [0.15, 0.2) is 65.7 Å². The number of hydrogen-bond donors (Lipinski definition) is 1. The topological polar surface area (TPSA) is 73.2 Å². The van der Waals surface area contributed by atoms with Crippen molar-refractivity contribution in [1.82, 2.24) is 9.55 Å². The molecule has 0 atom stereocenters. The highest BCUT2D eigenvalue weighted by molar-refractivity contribution is 6.31. The molecule has 2 heterocycles. The van der Waals surface area contributed by atoms with E-state index in [0.29, 0.717) is 10.7 Å². The van der Waals surface area contributed by atoms with Crippen molar-refractivity contribution in [3.8, 4) is 5.88 Å². The fourth-order valence-corrected chi connectivity index (χ4v) is 2.69. The van der Waals surface area contributed by atoms with Crippen LogP contribution in [0.4, 0.5) is 18.9 Å². The van der Waals surface area contributed by atoms with Gasteiger partial charge in [-0.3, -0.25) is 9.59 Å². The maximum absolute atomic E-state index is 12.4. The van der Waals surface area contributed by atoms with Gasteiger partial charge in [-0.1, -0.05) is 29.8 Å². The van der Waals surface area contributed by atoms with Crippen LogP contribution in [0.25, 0.3) is 0 Å². The van der Waals surface area contributed by atoms with Gasteiger partial charge in [0, 0.05) is 29.5 Å². The Balaban J connectivity index is 1.69. The Morgan fingerprint density at radius 1 is 1.13 bits per heavy atom. The zero-order valence-electron chi connectivity index (χ0n) is 15.3.